The number of sulfone groups is 1. The first-order chi connectivity index (χ1) is 8.36. The van der Waals surface area contributed by atoms with Crippen LogP contribution in [0.3, 0.4) is 0 Å². The molecule has 1 N–H and O–H groups in total. The van der Waals surface area contributed by atoms with Crippen LogP contribution in [0.1, 0.15) is 6.92 Å². The van der Waals surface area contributed by atoms with E-state index in [1.165, 1.54) is 13.0 Å². The smallest absolute Gasteiger partial charge is 0.242 e. The Labute approximate surface area is 115 Å². The highest BCUT2D eigenvalue weighted by atomic mass is 79.9. The highest BCUT2D eigenvalue weighted by Gasteiger charge is 2.26. The van der Waals surface area contributed by atoms with Crippen molar-refractivity contribution in [1.29, 1.82) is 0 Å². The van der Waals surface area contributed by atoms with Crippen LogP contribution in [-0.2, 0) is 14.6 Å². The highest BCUT2D eigenvalue weighted by molar-refractivity contribution is 9.10. The van der Waals surface area contributed by atoms with Gasteiger partial charge in [-0.1, -0.05) is 22.0 Å². The Bertz CT molecular complexity index is 537. The van der Waals surface area contributed by atoms with Gasteiger partial charge in [-0.05, 0) is 31.2 Å². The number of halogens is 1. The van der Waals surface area contributed by atoms with Gasteiger partial charge in [-0.15, -0.1) is 6.58 Å². The molecule has 0 saturated heterocycles. The van der Waals surface area contributed by atoms with Gasteiger partial charge < -0.3 is 5.32 Å². The number of rotatable bonds is 5. The topological polar surface area (TPSA) is 63.2 Å². The first kappa shape index (κ1) is 14.9. The van der Waals surface area contributed by atoms with E-state index in [0.29, 0.717) is 5.69 Å². The lowest BCUT2D eigenvalue weighted by molar-refractivity contribution is -0.115. The van der Waals surface area contributed by atoms with Crippen molar-refractivity contribution in [3.8, 4) is 0 Å². The van der Waals surface area contributed by atoms with E-state index in [1.807, 2.05) is 0 Å². The summed E-state index contributed by atoms with van der Waals surface area (Å²) in [5, 5.41) is 1.46. The second-order valence-corrected chi connectivity index (χ2v) is 7.04. The van der Waals surface area contributed by atoms with E-state index >= 15 is 0 Å². The Morgan fingerprint density at radius 1 is 1.44 bits per heavy atom. The molecule has 0 aliphatic rings. The van der Waals surface area contributed by atoms with Crippen LogP contribution in [-0.4, -0.2) is 25.3 Å². The molecular formula is C12H14BrNO3S. The minimum absolute atomic E-state index is 0.206. The normalized spacial score (nSPS) is 12.8. The molecular weight excluding hydrogens is 318 g/mol. The predicted octanol–water partition coefficient (Wildman–Crippen LogP) is 2.38. The summed E-state index contributed by atoms with van der Waals surface area (Å²) in [6.07, 6.45) is 1.28. The summed E-state index contributed by atoms with van der Waals surface area (Å²) in [7, 11) is -3.48. The fraction of sp³-hybridized carbons (Fsp3) is 0.250. The molecule has 1 aromatic carbocycles. The van der Waals surface area contributed by atoms with Crippen molar-refractivity contribution < 1.29 is 13.2 Å². The number of amides is 1. The number of hydrogen-bond donors (Lipinski definition) is 1. The Morgan fingerprint density at radius 2 is 2.00 bits per heavy atom. The summed E-state index contributed by atoms with van der Waals surface area (Å²) in [6, 6.07) is 6.90. The summed E-state index contributed by atoms with van der Waals surface area (Å²) in [6.45, 7) is 4.73. The molecule has 0 spiro atoms. The molecule has 1 amide bonds. The van der Waals surface area contributed by atoms with E-state index < -0.39 is 21.0 Å². The van der Waals surface area contributed by atoms with E-state index in [2.05, 4.69) is 27.8 Å². The largest absolute Gasteiger partial charge is 0.325 e. The molecule has 0 aliphatic heterocycles. The van der Waals surface area contributed by atoms with Gasteiger partial charge in [-0.3, -0.25) is 4.79 Å². The molecule has 4 nitrogen and oxygen atoms in total. The molecule has 98 valence electrons. The van der Waals surface area contributed by atoms with Crippen LogP contribution in [0.15, 0.2) is 41.4 Å². The zero-order chi connectivity index (χ0) is 13.8. The number of benzene rings is 1. The van der Waals surface area contributed by atoms with E-state index in [4.69, 9.17) is 0 Å². The van der Waals surface area contributed by atoms with Gasteiger partial charge in [0, 0.05) is 10.2 Å². The molecule has 0 radical (unpaired) electrons. The molecule has 0 saturated carbocycles. The maximum atomic E-state index is 11.8. The summed E-state index contributed by atoms with van der Waals surface area (Å²) in [4.78, 5) is 11.8. The molecule has 1 rings (SSSR count). The summed E-state index contributed by atoms with van der Waals surface area (Å²) >= 11 is 3.27. The van der Waals surface area contributed by atoms with Crippen LogP contribution in [0.2, 0.25) is 0 Å². The second-order valence-electron chi connectivity index (χ2n) is 3.76. The Balaban J connectivity index is 2.77. The van der Waals surface area contributed by atoms with E-state index in [0.717, 1.165) is 4.47 Å². The maximum absolute atomic E-state index is 11.8. The summed E-state index contributed by atoms with van der Waals surface area (Å²) in [5.41, 5.74) is 0.559. The quantitative estimate of drug-likeness (QED) is 0.842. The molecule has 0 fully saturated rings. The lowest BCUT2D eigenvalue weighted by atomic mass is 10.3. The number of carbonyl (C=O) groups is 1. The van der Waals surface area contributed by atoms with E-state index in [-0.39, 0.29) is 5.75 Å². The third-order valence-corrected chi connectivity index (χ3v) is 4.89. The third-order valence-electron chi connectivity index (χ3n) is 2.37. The lowest BCUT2D eigenvalue weighted by Gasteiger charge is -2.12. The first-order valence-corrected chi connectivity index (χ1v) is 7.76. The molecule has 0 bridgehead atoms. The Morgan fingerprint density at radius 3 is 2.50 bits per heavy atom. The first-order valence-electron chi connectivity index (χ1n) is 5.25. The number of anilines is 1. The highest BCUT2D eigenvalue weighted by Crippen LogP contribution is 2.15. The fourth-order valence-electron chi connectivity index (χ4n) is 1.25. The number of hydrogen-bond acceptors (Lipinski definition) is 3. The van der Waals surface area contributed by atoms with Crippen molar-refractivity contribution in [2.45, 2.75) is 12.2 Å². The molecule has 0 aromatic heterocycles. The second kappa shape index (κ2) is 6.15. The number of carbonyl (C=O) groups excluding carboxylic acids is 1. The van der Waals surface area contributed by atoms with Crippen LogP contribution in [0.25, 0.3) is 0 Å². The van der Waals surface area contributed by atoms with Crippen molar-refractivity contribution in [2.75, 3.05) is 11.1 Å². The summed E-state index contributed by atoms with van der Waals surface area (Å²) in [5.74, 6) is -0.749. The average molecular weight is 332 g/mol. The SMILES string of the molecule is C=CCS(=O)(=O)C(C)C(=O)Nc1ccc(Br)cc1. The van der Waals surface area contributed by atoms with Crippen molar-refractivity contribution in [3.05, 3.63) is 41.4 Å². The third kappa shape index (κ3) is 3.96. The van der Waals surface area contributed by atoms with E-state index in [9.17, 15) is 13.2 Å². The van der Waals surface area contributed by atoms with E-state index in [1.54, 1.807) is 24.3 Å². The van der Waals surface area contributed by atoms with Gasteiger partial charge in [-0.25, -0.2) is 8.42 Å². The lowest BCUT2D eigenvalue weighted by Crippen LogP contribution is -2.33. The maximum Gasteiger partial charge on any atom is 0.242 e. The Hall–Kier alpha value is -1.14. The van der Waals surface area contributed by atoms with Crippen molar-refractivity contribution in [3.63, 3.8) is 0 Å². The van der Waals surface area contributed by atoms with Crippen molar-refractivity contribution in [1.82, 2.24) is 0 Å². The van der Waals surface area contributed by atoms with Gasteiger partial charge in [0.05, 0.1) is 5.75 Å². The zero-order valence-electron chi connectivity index (χ0n) is 9.89. The van der Waals surface area contributed by atoms with Crippen LogP contribution >= 0.6 is 15.9 Å². The molecule has 1 unspecified atom stereocenters. The zero-order valence-corrected chi connectivity index (χ0v) is 12.3. The fourth-order valence-corrected chi connectivity index (χ4v) is 2.52. The minimum Gasteiger partial charge on any atom is -0.325 e. The standard InChI is InChI=1S/C12H14BrNO3S/c1-3-8-18(16,17)9(2)12(15)14-11-6-4-10(13)5-7-11/h3-7,9H,1,8H2,2H3,(H,14,15). The predicted molar refractivity (Wildman–Crippen MR) is 76.2 cm³/mol. The Kier molecular flexibility index (Phi) is 5.10. The summed E-state index contributed by atoms with van der Waals surface area (Å²) < 4.78 is 24.2. The molecule has 18 heavy (non-hydrogen) atoms. The molecule has 1 aromatic rings. The number of nitrogens with one attached hydrogen (secondary N) is 1. The van der Waals surface area contributed by atoms with Crippen molar-refractivity contribution >= 4 is 37.4 Å². The van der Waals surface area contributed by atoms with Gasteiger partial charge in [0.15, 0.2) is 9.84 Å². The molecule has 6 heteroatoms. The molecule has 0 aliphatic carbocycles. The molecule has 0 heterocycles. The van der Waals surface area contributed by atoms with Crippen LogP contribution < -0.4 is 5.32 Å². The van der Waals surface area contributed by atoms with Crippen LogP contribution in [0.5, 0.6) is 0 Å². The van der Waals surface area contributed by atoms with Crippen LogP contribution in [0, 0.1) is 0 Å². The van der Waals surface area contributed by atoms with Gasteiger partial charge >= 0.3 is 0 Å². The van der Waals surface area contributed by atoms with Gasteiger partial charge in [0.25, 0.3) is 0 Å². The monoisotopic (exact) mass is 331 g/mol. The van der Waals surface area contributed by atoms with Gasteiger partial charge in [-0.2, -0.15) is 0 Å². The minimum atomic E-state index is -3.48. The van der Waals surface area contributed by atoms with Gasteiger partial charge in [0.1, 0.15) is 5.25 Å². The molecule has 1 atom stereocenters. The van der Waals surface area contributed by atoms with Crippen molar-refractivity contribution in [2.24, 2.45) is 0 Å². The average Bonchev–Trinajstić information content (AvgIpc) is 2.31. The van der Waals surface area contributed by atoms with Gasteiger partial charge in [0.2, 0.25) is 5.91 Å². The van der Waals surface area contributed by atoms with Crippen LogP contribution in [0.4, 0.5) is 5.69 Å².